The summed E-state index contributed by atoms with van der Waals surface area (Å²) in [5, 5.41) is 48.9. The molecule has 11 heteroatoms. The van der Waals surface area contributed by atoms with Gasteiger partial charge in [-0.25, -0.2) is 0 Å². The Kier molecular flexibility index (Phi) is 12.2. The van der Waals surface area contributed by atoms with E-state index in [1.165, 1.54) is 12.0 Å². The summed E-state index contributed by atoms with van der Waals surface area (Å²) in [4.78, 5) is 39.4. The van der Waals surface area contributed by atoms with Crippen LogP contribution in [-0.4, -0.2) is 85.5 Å². The highest BCUT2D eigenvalue weighted by atomic mass is 16.6. The van der Waals surface area contributed by atoms with E-state index in [1.54, 1.807) is 26.0 Å². The molecule has 53 heavy (non-hydrogen) atoms. The smallest absolute Gasteiger partial charge is 0.306 e. The highest BCUT2D eigenvalue weighted by Gasteiger charge is 2.87. The van der Waals surface area contributed by atoms with E-state index in [0.717, 1.165) is 64.2 Å². The van der Waals surface area contributed by atoms with Gasteiger partial charge in [0.2, 0.25) is 0 Å². The van der Waals surface area contributed by atoms with Crippen molar-refractivity contribution in [1.29, 1.82) is 0 Å². The van der Waals surface area contributed by atoms with Gasteiger partial charge in [0.05, 0.1) is 24.4 Å². The Bertz CT molecular complexity index is 1450. The van der Waals surface area contributed by atoms with E-state index in [2.05, 4.69) is 0 Å². The minimum Gasteiger partial charge on any atom is -0.458 e. The minimum absolute atomic E-state index is 0.124. The van der Waals surface area contributed by atoms with E-state index in [1.807, 2.05) is 34.6 Å². The van der Waals surface area contributed by atoms with E-state index in [-0.39, 0.29) is 12.8 Å². The molecule has 0 aromatic rings. The molecule has 0 aromatic carbocycles. The largest absolute Gasteiger partial charge is 0.458 e. The molecule has 1 aliphatic heterocycles. The van der Waals surface area contributed by atoms with Crippen molar-refractivity contribution in [3.8, 4) is 0 Å². The van der Waals surface area contributed by atoms with Crippen molar-refractivity contribution in [1.82, 2.24) is 5.06 Å². The summed E-state index contributed by atoms with van der Waals surface area (Å²) in [7, 11) is 0. The van der Waals surface area contributed by atoms with E-state index in [9.17, 15) is 34.9 Å². The third-order valence-corrected chi connectivity index (χ3v) is 13.9. The van der Waals surface area contributed by atoms with Crippen LogP contribution in [0.3, 0.4) is 0 Å². The van der Waals surface area contributed by atoms with Crippen molar-refractivity contribution in [2.45, 2.75) is 179 Å². The Balaban J connectivity index is 1.12. The van der Waals surface area contributed by atoms with Crippen molar-refractivity contribution in [3.63, 3.8) is 0 Å². The lowest BCUT2D eigenvalue weighted by Gasteiger charge is -2.53. The predicted octanol–water partition coefficient (Wildman–Crippen LogP) is 6.30. The van der Waals surface area contributed by atoms with Gasteiger partial charge in [-0.2, -0.15) is 0 Å². The zero-order chi connectivity index (χ0) is 39.2. The topological polar surface area (TPSA) is 163 Å². The van der Waals surface area contributed by atoms with Crippen LogP contribution in [-0.2, 0) is 33.8 Å². The van der Waals surface area contributed by atoms with Gasteiger partial charge >= 0.3 is 11.9 Å². The molecule has 9 unspecified atom stereocenters. The summed E-state index contributed by atoms with van der Waals surface area (Å²) < 4.78 is 18.3. The first kappa shape index (κ1) is 42.0. The van der Waals surface area contributed by atoms with Crippen LogP contribution in [0.25, 0.3) is 0 Å². The van der Waals surface area contributed by atoms with Crippen molar-refractivity contribution in [3.05, 3.63) is 23.3 Å². The van der Waals surface area contributed by atoms with Gasteiger partial charge in [-0.05, 0) is 57.6 Å². The van der Waals surface area contributed by atoms with Gasteiger partial charge in [0.15, 0.2) is 11.4 Å². The molecule has 11 nitrogen and oxygen atoms in total. The van der Waals surface area contributed by atoms with Crippen LogP contribution < -0.4 is 0 Å². The summed E-state index contributed by atoms with van der Waals surface area (Å²) in [6, 6.07) is 0. The quantitative estimate of drug-likeness (QED) is 0.0876. The number of aliphatic hydroxyl groups excluding tert-OH is 1. The number of hydrogen-bond acceptors (Lipinski definition) is 10. The number of hydroxylamine groups is 2. The molecule has 1 saturated heterocycles. The number of ether oxygens (including phenoxy) is 3. The van der Waals surface area contributed by atoms with E-state index >= 15 is 0 Å². The number of rotatable bonds is 17. The number of hydrogen-bond donors (Lipinski definition) is 3. The fraction of sp³-hybridized carbons (Fsp3) is 0.833. The average Bonchev–Trinajstić information content (AvgIpc) is 3.39. The van der Waals surface area contributed by atoms with Gasteiger partial charge in [-0.1, -0.05) is 91.2 Å². The lowest BCUT2D eigenvalue weighted by molar-refractivity contribution is -0.294. The lowest BCUT2D eigenvalue weighted by atomic mass is 9.59. The van der Waals surface area contributed by atoms with Gasteiger partial charge in [-0.3, -0.25) is 14.4 Å². The molecule has 0 bridgehead atoms. The van der Waals surface area contributed by atoms with E-state index in [0.29, 0.717) is 30.6 Å². The van der Waals surface area contributed by atoms with Crippen LogP contribution >= 0.6 is 0 Å². The van der Waals surface area contributed by atoms with Crippen molar-refractivity contribution >= 4 is 17.7 Å². The monoisotopic (exact) mass is 744 g/mol. The highest BCUT2D eigenvalue weighted by Crippen LogP contribution is 2.77. The molecule has 5 aliphatic rings. The number of carbonyl (C=O) groups is 3. The maximum absolute atomic E-state index is 13.5. The summed E-state index contributed by atoms with van der Waals surface area (Å²) in [6.45, 7) is 14.5. The normalized spacial score (nSPS) is 38.3. The second-order valence-corrected chi connectivity index (χ2v) is 18.2. The van der Waals surface area contributed by atoms with Crippen LogP contribution in [0, 0.1) is 29.1 Å². The first-order chi connectivity index (χ1) is 24.8. The van der Waals surface area contributed by atoms with Crippen LogP contribution in [0.4, 0.5) is 0 Å². The van der Waals surface area contributed by atoms with E-state index in [4.69, 9.17) is 14.2 Å². The van der Waals surface area contributed by atoms with Crippen molar-refractivity contribution in [2.75, 3.05) is 13.2 Å². The van der Waals surface area contributed by atoms with Crippen LogP contribution in [0.2, 0.25) is 0 Å². The molecule has 299 valence electrons. The van der Waals surface area contributed by atoms with Gasteiger partial charge in [-0.15, -0.1) is 10.3 Å². The standard InChI is InChI=1S/C42H66NO10/c1-9-39(43(50)37(5,6)26-51-39)21-19-17-15-13-11-10-12-14-16-18-20-33(46)52-36-28(3)41(49)31(34-38(7,8)42(34,36)53-29(4)45)23-30(25-44)24-40(48)32(41)22-27(2)35(40)47/h22-23,28,31-32,34,36,44,48-49H,9-21,24-26H2,1-8H3. The third-order valence-electron chi connectivity index (χ3n) is 13.9. The van der Waals surface area contributed by atoms with Gasteiger partial charge < -0.3 is 29.5 Å². The number of Topliss-reactive ketones (excluding diaryl/α,β-unsaturated/α-hetero) is 1. The first-order valence-corrected chi connectivity index (χ1v) is 20.3. The number of nitrogens with zero attached hydrogens (tertiary/aromatic N) is 1. The molecule has 3 fully saturated rings. The SMILES string of the molecule is CCC1(CCCCCCCCCCCCC(=O)OC2C(C)C3(O)C(C=C(CO)CC4(O)C(=O)C(C)=CC43)C3C(C)(C)C23OC(C)=O)OCC(C)(C)N1[O]. The summed E-state index contributed by atoms with van der Waals surface area (Å²) in [5.74, 6) is -4.45. The second kappa shape index (κ2) is 15.4. The van der Waals surface area contributed by atoms with Gasteiger partial charge in [0, 0.05) is 48.9 Å². The molecule has 4 aliphatic carbocycles. The third kappa shape index (κ3) is 7.09. The summed E-state index contributed by atoms with van der Waals surface area (Å²) in [6.07, 6.45) is 14.2. The van der Waals surface area contributed by atoms with Crippen LogP contribution in [0.15, 0.2) is 23.3 Å². The molecular weight excluding hydrogens is 678 g/mol. The molecular formula is C42H66NO10. The van der Waals surface area contributed by atoms with Gasteiger partial charge in [0.1, 0.15) is 17.4 Å². The molecule has 3 N–H and O–H groups in total. The molecule has 9 atom stereocenters. The predicted molar refractivity (Wildman–Crippen MR) is 197 cm³/mol. The van der Waals surface area contributed by atoms with Crippen molar-refractivity contribution in [2.24, 2.45) is 29.1 Å². The number of ketones is 1. The Labute approximate surface area is 316 Å². The fourth-order valence-electron chi connectivity index (χ4n) is 10.9. The summed E-state index contributed by atoms with van der Waals surface area (Å²) in [5.41, 5.74) is -5.98. The first-order valence-electron chi connectivity index (χ1n) is 20.3. The highest BCUT2D eigenvalue weighted by molar-refractivity contribution is 6.04. The number of unbranched alkanes of at least 4 members (excludes halogenated alkanes) is 9. The molecule has 0 aromatic heterocycles. The maximum Gasteiger partial charge on any atom is 0.306 e. The van der Waals surface area contributed by atoms with Crippen LogP contribution in [0.5, 0.6) is 0 Å². The Morgan fingerprint density at radius 2 is 1.55 bits per heavy atom. The molecule has 0 spiro atoms. The zero-order valence-electron chi connectivity index (χ0n) is 33.5. The molecule has 0 amide bonds. The number of carbonyl (C=O) groups excluding carboxylic acids is 3. The van der Waals surface area contributed by atoms with Crippen molar-refractivity contribution < 1.29 is 49.1 Å². The lowest BCUT2D eigenvalue weighted by Crippen LogP contribution is -2.66. The number of esters is 2. The fourth-order valence-corrected chi connectivity index (χ4v) is 10.9. The number of aliphatic hydroxyl groups is 3. The maximum atomic E-state index is 13.5. The molecule has 5 rings (SSSR count). The molecule has 2 saturated carbocycles. The molecule has 1 heterocycles. The number of fused-ring (bicyclic) bond motifs is 5. The Morgan fingerprint density at radius 1 is 0.962 bits per heavy atom. The Hall–Kier alpha value is -2.15. The minimum atomic E-state index is -1.95. The Morgan fingerprint density at radius 3 is 2.08 bits per heavy atom. The average molecular weight is 745 g/mol. The van der Waals surface area contributed by atoms with Gasteiger partial charge in [0.25, 0.3) is 0 Å². The second-order valence-electron chi connectivity index (χ2n) is 18.2. The van der Waals surface area contributed by atoms with Crippen LogP contribution in [0.1, 0.15) is 145 Å². The van der Waals surface area contributed by atoms with E-state index < -0.39 is 87.6 Å². The molecule has 1 radical (unpaired) electrons. The zero-order valence-corrected chi connectivity index (χ0v) is 33.5. The summed E-state index contributed by atoms with van der Waals surface area (Å²) >= 11 is 0.